The van der Waals surface area contributed by atoms with Crippen molar-refractivity contribution in [3.05, 3.63) is 27.7 Å². The molecule has 4 rings (SSSR count). The first-order chi connectivity index (χ1) is 11.7. The Kier molecular flexibility index (Phi) is 6.09. The van der Waals surface area contributed by atoms with Crippen LogP contribution in [0.4, 0.5) is 0 Å². The molecular formula is C17H27ClN6S. The SMILES string of the molecule is CC(C)c1cnc(CN2CCC(c3nnc4n3CCNC4)CC2)s1.Cl. The monoisotopic (exact) mass is 382 g/mol. The van der Waals surface area contributed by atoms with Crippen molar-refractivity contribution in [3.63, 3.8) is 0 Å². The Morgan fingerprint density at radius 2 is 2.04 bits per heavy atom. The Balaban J connectivity index is 0.00000182. The normalized spacial score (nSPS) is 19.0. The third-order valence-corrected chi connectivity index (χ3v) is 6.39. The molecule has 1 saturated heterocycles. The highest BCUT2D eigenvalue weighted by Crippen LogP contribution is 2.29. The number of halogens is 1. The topological polar surface area (TPSA) is 58.9 Å². The minimum atomic E-state index is 0. The van der Waals surface area contributed by atoms with Crippen molar-refractivity contribution in [3.8, 4) is 0 Å². The summed E-state index contributed by atoms with van der Waals surface area (Å²) in [5.74, 6) is 3.45. The largest absolute Gasteiger partial charge is 0.312 e. The molecule has 8 heteroatoms. The van der Waals surface area contributed by atoms with Gasteiger partial charge in [-0.1, -0.05) is 13.8 Å². The summed E-state index contributed by atoms with van der Waals surface area (Å²) >= 11 is 1.87. The molecule has 2 aromatic heterocycles. The lowest BCUT2D eigenvalue weighted by atomic mass is 9.96. The highest BCUT2D eigenvalue weighted by atomic mass is 35.5. The van der Waals surface area contributed by atoms with Crippen LogP contribution in [0.25, 0.3) is 0 Å². The highest BCUT2D eigenvalue weighted by Gasteiger charge is 2.27. The van der Waals surface area contributed by atoms with Crippen LogP contribution in [0.1, 0.15) is 60.1 Å². The Morgan fingerprint density at radius 1 is 1.24 bits per heavy atom. The van der Waals surface area contributed by atoms with E-state index in [0.29, 0.717) is 11.8 Å². The average Bonchev–Trinajstić information content (AvgIpc) is 3.23. The molecule has 0 aliphatic carbocycles. The summed E-state index contributed by atoms with van der Waals surface area (Å²) < 4.78 is 2.34. The van der Waals surface area contributed by atoms with Crippen LogP contribution in [-0.4, -0.2) is 44.3 Å². The number of piperidine rings is 1. The van der Waals surface area contributed by atoms with Crippen LogP contribution < -0.4 is 5.32 Å². The zero-order valence-electron chi connectivity index (χ0n) is 14.9. The molecule has 6 nitrogen and oxygen atoms in total. The zero-order valence-corrected chi connectivity index (χ0v) is 16.6. The lowest BCUT2D eigenvalue weighted by Crippen LogP contribution is -2.34. The van der Waals surface area contributed by atoms with Crippen LogP contribution in [-0.2, 0) is 19.6 Å². The number of fused-ring (bicyclic) bond motifs is 1. The van der Waals surface area contributed by atoms with Crippen molar-refractivity contribution < 1.29 is 0 Å². The van der Waals surface area contributed by atoms with Crippen LogP contribution >= 0.6 is 23.7 Å². The lowest BCUT2D eigenvalue weighted by Gasteiger charge is -2.31. The predicted molar refractivity (Wildman–Crippen MR) is 102 cm³/mol. The standard InChI is InChI=1S/C17H26N6S.ClH/c1-12(2)14-9-19-16(24-14)11-22-6-3-13(4-7-22)17-21-20-15-10-18-5-8-23(15)17;/h9,12-13,18H,3-8,10-11H2,1-2H3;1H. The van der Waals surface area contributed by atoms with E-state index in [4.69, 9.17) is 0 Å². The molecule has 25 heavy (non-hydrogen) atoms. The number of nitrogens with one attached hydrogen (secondary N) is 1. The summed E-state index contributed by atoms with van der Waals surface area (Å²) in [6.07, 6.45) is 4.40. The minimum absolute atomic E-state index is 0. The van der Waals surface area contributed by atoms with Crippen molar-refractivity contribution >= 4 is 23.7 Å². The second-order valence-electron chi connectivity index (χ2n) is 7.16. The van der Waals surface area contributed by atoms with E-state index in [1.165, 1.54) is 28.6 Å². The van der Waals surface area contributed by atoms with Gasteiger partial charge in [0.05, 0.1) is 13.1 Å². The fraction of sp³-hybridized carbons (Fsp3) is 0.706. The second-order valence-corrected chi connectivity index (χ2v) is 8.31. The van der Waals surface area contributed by atoms with E-state index in [0.717, 1.165) is 45.1 Å². The summed E-state index contributed by atoms with van der Waals surface area (Å²) in [5.41, 5.74) is 0. The number of hydrogen-bond acceptors (Lipinski definition) is 6. The molecule has 2 aliphatic heterocycles. The molecule has 1 N–H and O–H groups in total. The molecule has 138 valence electrons. The molecular weight excluding hydrogens is 356 g/mol. The summed E-state index contributed by atoms with van der Waals surface area (Å²) in [4.78, 5) is 8.53. The van der Waals surface area contributed by atoms with Gasteiger partial charge in [-0.2, -0.15) is 0 Å². The fourth-order valence-electron chi connectivity index (χ4n) is 3.62. The van der Waals surface area contributed by atoms with Gasteiger partial charge in [-0.05, 0) is 31.8 Å². The quantitative estimate of drug-likeness (QED) is 0.881. The third-order valence-electron chi connectivity index (χ3n) is 5.10. The van der Waals surface area contributed by atoms with Gasteiger partial charge in [0, 0.05) is 30.1 Å². The maximum atomic E-state index is 4.60. The molecule has 0 saturated carbocycles. The number of nitrogens with zero attached hydrogens (tertiary/aromatic N) is 5. The predicted octanol–water partition coefficient (Wildman–Crippen LogP) is 2.76. The van der Waals surface area contributed by atoms with Crippen LogP contribution in [0.5, 0.6) is 0 Å². The zero-order chi connectivity index (χ0) is 16.5. The second kappa shape index (κ2) is 8.12. The molecule has 0 atom stereocenters. The summed E-state index contributed by atoms with van der Waals surface area (Å²) in [5, 5.41) is 13.5. The van der Waals surface area contributed by atoms with E-state index in [-0.39, 0.29) is 12.4 Å². The number of likely N-dealkylation sites (tertiary alicyclic amines) is 1. The summed E-state index contributed by atoms with van der Waals surface area (Å²) in [6, 6.07) is 0. The molecule has 0 bridgehead atoms. The van der Waals surface area contributed by atoms with Crippen LogP contribution in [0, 0.1) is 0 Å². The molecule has 2 aliphatic rings. The number of rotatable bonds is 4. The molecule has 4 heterocycles. The van der Waals surface area contributed by atoms with Crippen LogP contribution in [0.3, 0.4) is 0 Å². The van der Waals surface area contributed by atoms with Gasteiger partial charge in [-0.3, -0.25) is 4.90 Å². The van der Waals surface area contributed by atoms with E-state index in [1.54, 1.807) is 0 Å². The van der Waals surface area contributed by atoms with Gasteiger partial charge in [-0.25, -0.2) is 4.98 Å². The van der Waals surface area contributed by atoms with Crippen molar-refractivity contribution in [1.29, 1.82) is 0 Å². The first-order valence-corrected chi connectivity index (χ1v) is 9.82. The number of aromatic nitrogens is 4. The van der Waals surface area contributed by atoms with Gasteiger partial charge in [-0.15, -0.1) is 33.9 Å². The fourth-order valence-corrected chi connectivity index (χ4v) is 4.59. The third kappa shape index (κ3) is 4.05. The molecule has 0 amide bonds. The molecule has 0 aromatic carbocycles. The van der Waals surface area contributed by atoms with Gasteiger partial charge in [0.25, 0.3) is 0 Å². The molecule has 0 unspecified atom stereocenters. The summed E-state index contributed by atoms with van der Waals surface area (Å²) in [6.45, 7) is 10.6. The van der Waals surface area contributed by atoms with E-state index < -0.39 is 0 Å². The van der Waals surface area contributed by atoms with Gasteiger partial charge < -0.3 is 9.88 Å². The Hall–Kier alpha value is -1.02. The lowest BCUT2D eigenvalue weighted by molar-refractivity contribution is 0.199. The minimum Gasteiger partial charge on any atom is -0.312 e. The average molecular weight is 383 g/mol. The van der Waals surface area contributed by atoms with Crippen molar-refractivity contribution in [1.82, 2.24) is 30.0 Å². The first-order valence-electron chi connectivity index (χ1n) is 9.00. The maximum Gasteiger partial charge on any atom is 0.147 e. The van der Waals surface area contributed by atoms with E-state index in [2.05, 4.69) is 43.8 Å². The van der Waals surface area contributed by atoms with Gasteiger partial charge >= 0.3 is 0 Å². The molecule has 0 spiro atoms. The van der Waals surface area contributed by atoms with Crippen molar-refractivity contribution in [2.45, 2.75) is 58.2 Å². The first kappa shape index (κ1) is 18.8. The smallest absolute Gasteiger partial charge is 0.147 e. The van der Waals surface area contributed by atoms with Crippen LogP contribution in [0.15, 0.2) is 6.20 Å². The number of thiazole rings is 1. The van der Waals surface area contributed by atoms with Gasteiger partial charge in [0.1, 0.15) is 16.7 Å². The maximum absolute atomic E-state index is 4.60. The Bertz CT molecular complexity index is 689. The van der Waals surface area contributed by atoms with E-state index >= 15 is 0 Å². The van der Waals surface area contributed by atoms with Crippen molar-refractivity contribution in [2.75, 3.05) is 19.6 Å². The van der Waals surface area contributed by atoms with Gasteiger partial charge in [0.2, 0.25) is 0 Å². The Morgan fingerprint density at radius 3 is 2.76 bits per heavy atom. The summed E-state index contributed by atoms with van der Waals surface area (Å²) in [7, 11) is 0. The van der Waals surface area contributed by atoms with E-state index in [1.807, 2.05) is 17.5 Å². The van der Waals surface area contributed by atoms with Crippen molar-refractivity contribution in [2.24, 2.45) is 0 Å². The molecule has 1 fully saturated rings. The van der Waals surface area contributed by atoms with Gasteiger partial charge in [0.15, 0.2) is 0 Å². The molecule has 2 aromatic rings. The van der Waals surface area contributed by atoms with E-state index in [9.17, 15) is 0 Å². The number of hydrogen-bond donors (Lipinski definition) is 1. The molecule has 0 radical (unpaired) electrons. The Labute approximate surface area is 159 Å². The van der Waals surface area contributed by atoms with Crippen LogP contribution in [0.2, 0.25) is 0 Å². The highest BCUT2D eigenvalue weighted by molar-refractivity contribution is 7.11.